The Morgan fingerprint density at radius 2 is 2.12 bits per heavy atom. The van der Waals surface area contributed by atoms with Crippen molar-refractivity contribution >= 4 is 23.4 Å². The molecule has 2 aliphatic rings. The third kappa shape index (κ3) is 3.11. The number of halogens is 1. The van der Waals surface area contributed by atoms with Crippen LogP contribution in [0.3, 0.4) is 0 Å². The van der Waals surface area contributed by atoms with Crippen LogP contribution in [0.2, 0.25) is 5.22 Å². The monoisotopic (exact) mass is 376 g/mol. The topological polar surface area (TPSA) is 80.4 Å². The van der Waals surface area contributed by atoms with E-state index in [2.05, 4.69) is 10.4 Å². The number of nitrogens with zero attached hydrogens (tertiary/aromatic N) is 3. The van der Waals surface area contributed by atoms with Gasteiger partial charge in [0.05, 0.1) is 0 Å². The fraction of sp³-hybridized carbons (Fsp3) is 0.500. The van der Waals surface area contributed by atoms with Crippen LogP contribution in [0.4, 0.5) is 0 Å². The highest BCUT2D eigenvalue weighted by Crippen LogP contribution is 2.54. The summed E-state index contributed by atoms with van der Waals surface area (Å²) < 4.78 is 6.91. The third-order valence-electron chi connectivity index (χ3n) is 5.52. The quantitative estimate of drug-likeness (QED) is 0.889. The van der Waals surface area contributed by atoms with E-state index in [1.54, 1.807) is 22.9 Å². The lowest BCUT2D eigenvalue weighted by atomic mass is 9.92. The van der Waals surface area contributed by atoms with E-state index >= 15 is 0 Å². The van der Waals surface area contributed by atoms with Gasteiger partial charge in [-0.05, 0) is 61.4 Å². The maximum atomic E-state index is 12.6. The lowest BCUT2D eigenvalue weighted by molar-refractivity contribution is 0.0660. The highest BCUT2D eigenvalue weighted by atomic mass is 35.5. The molecule has 0 bridgehead atoms. The number of carbonyl (C=O) groups is 2. The van der Waals surface area contributed by atoms with Gasteiger partial charge in [-0.15, -0.1) is 0 Å². The van der Waals surface area contributed by atoms with Crippen molar-refractivity contribution in [3.05, 3.63) is 41.1 Å². The second kappa shape index (κ2) is 6.46. The fourth-order valence-electron chi connectivity index (χ4n) is 3.74. The first-order valence-electron chi connectivity index (χ1n) is 8.90. The Hall–Kier alpha value is -2.28. The van der Waals surface area contributed by atoms with Gasteiger partial charge in [-0.2, -0.15) is 5.10 Å². The largest absolute Gasteiger partial charge is 0.440 e. The summed E-state index contributed by atoms with van der Waals surface area (Å²) in [6.45, 7) is 4.12. The van der Waals surface area contributed by atoms with Crippen LogP contribution >= 0.6 is 11.6 Å². The van der Waals surface area contributed by atoms with E-state index < -0.39 is 0 Å². The van der Waals surface area contributed by atoms with Gasteiger partial charge < -0.3 is 14.6 Å². The Labute approximate surface area is 156 Å². The molecular formula is C18H21ClN4O3. The van der Waals surface area contributed by atoms with Crippen LogP contribution in [-0.4, -0.2) is 45.6 Å². The fourth-order valence-corrected chi connectivity index (χ4v) is 3.89. The molecule has 0 aromatic carbocycles. The molecule has 1 spiro atoms. The Bertz CT molecular complexity index is 835. The van der Waals surface area contributed by atoms with Crippen LogP contribution in [0.1, 0.15) is 47.2 Å². The number of rotatable bonds is 4. The van der Waals surface area contributed by atoms with Crippen LogP contribution < -0.4 is 5.32 Å². The minimum atomic E-state index is -0.234. The zero-order chi connectivity index (χ0) is 18.3. The van der Waals surface area contributed by atoms with E-state index in [9.17, 15) is 9.59 Å². The van der Waals surface area contributed by atoms with Crippen molar-refractivity contribution in [2.24, 2.45) is 5.41 Å². The number of amides is 2. The van der Waals surface area contributed by atoms with Crippen molar-refractivity contribution in [2.75, 3.05) is 13.1 Å². The van der Waals surface area contributed by atoms with E-state index in [1.807, 2.05) is 18.0 Å². The SMILES string of the molecule is CCn1ccc(C(=O)N2CCC3(CC2)CC3NC(=O)c2ccc(Cl)o2)n1. The van der Waals surface area contributed by atoms with E-state index in [0.717, 1.165) is 25.8 Å². The van der Waals surface area contributed by atoms with Crippen molar-refractivity contribution in [3.8, 4) is 0 Å². The predicted molar refractivity (Wildman–Crippen MR) is 95.1 cm³/mol. The summed E-state index contributed by atoms with van der Waals surface area (Å²) in [5, 5.41) is 7.52. The number of aromatic nitrogens is 2. The number of nitrogens with one attached hydrogen (secondary N) is 1. The average Bonchev–Trinajstić information content (AvgIpc) is 3.02. The zero-order valence-electron chi connectivity index (χ0n) is 14.6. The molecule has 1 unspecified atom stereocenters. The number of hydrogen-bond acceptors (Lipinski definition) is 4. The molecule has 2 aromatic rings. The first kappa shape index (κ1) is 17.1. The maximum absolute atomic E-state index is 12.6. The van der Waals surface area contributed by atoms with Gasteiger partial charge in [-0.25, -0.2) is 0 Å². The molecule has 7 nitrogen and oxygen atoms in total. The van der Waals surface area contributed by atoms with E-state index in [4.69, 9.17) is 16.0 Å². The lowest BCUT2D eigenvalue weighted by Gasteiger charge is -2.32. The Morgan fingerprint density at radius 1 is 1.35 bits per heavy atom. The van der Waals surface area contributed by atoms with Gasteiger partial charge in [0, 0.05) is 31.9 Å². The molecule has 1 saturated heterocycles. The molecule has 8 heteroatoms. The summed E-state index contributed by atoms with van der Waals surface area (Å²) in [6, 6.07) is 5.03. The van der Waals surface area contributed by atoms with Crippen LogP contribution in [0.5, 0.6) is 0 Å². The number of aryl methyl sites for hydroxylation is 1. The molecule has 4 rings (SSSR count). The smallest absolute Gasteiger partial charge is 0.287 e. The lowest BCUT2D eigenvalue weighted by Crippen LogP contribution is -2.41. The van der Waals surface area contributed by atoms with Gasteiger partial charge in [-0.1, -0.05) is 0 Å². The number of furan rings is 1. The average molecular weight is 377 g/mol. The molecule has 1 aliphatic carbocycles. The van der Waals surface area contributed by atoms with Crippen LogP contribution in [0.25, 0.3) is 0 Å². The maximum Gasteiger partial charge on any atom is 0.287 e. The summed E-state index contributed by atoms with van der Waals surface area (Å²) in [4.78, 5) is 26.6. The van der Waals surface area contributed by atoms with Crippen molar-refractivity contribution in [2.45, 2.75) is 38.8 Å². The molecule has 2 fully saturated rings. The van der Waals surface area contributed by atoms with Gasteiger partial charge in [0.15, 0.2) is 11.0 Å². The van der Waals surface area contributed by atoms with E-state index in [-0.39, 0.29) is 34.3 Å². The van der Waals surface area contributed by atoms with Crippen molar-refractivity contribution in [1.29, 1.82) is 0 Å². The molecule has 26 heavy (non-hydrogen) atoms. The minimum absolute atomic E-state index is 0.0153. The van der Waals surface area contributed by atoms with E-state index in [1.165, 1.54) is 0 Å². The van der Waals surface area contributed by atoms with Gasteiger partial charge in [0.1, 0.15) is 5.69 Å². The molecule has 138 valence electrons. The van der Waals surface area contributed by atoms with Gasteiger partial charge in [0.2, 0.25) is 0 Å². The second-order valence-electron chi connectivity index (χ2n) is 7.05. The van der Waals surface area contributed by atoms with Crippen LogP contribution in [0.15, 0.2) is 28.8 Å². The van der Waals surface area contributed by atoms with Gasteiger partial charge in [-0.3, -0.25) is 14.3 Å². The van der Waals surface area contributed by atoms with Crippen molar-refractivity contribution < 1.29 is 14.0 Å². The highest BCUT2D eigenvalue weighted by molar-refractivity contribution is 6.29. The first-order chi connectivity index (χ1) is 12.5. The summed E-state index contributed by atoms with van der Waals surface area (Å²) in [6.07, 6.45) is 4.54. The molecular weight excluding hydrogens is 356 g/mol. The van der Waals surface area contributed by atoms with Crippen molar-refractivity contribution in [3.63, 3.8) is 0 Å². The Balaban J connectivity index is 1.31. The molecule has 1 aliphatic heterocycles. The second-order valence-corrected chi connectivity index (χ2v) is 7.42. The Kier molecular flexibility index (Phi) is 4.26. The number of hydrogen-bond donors (Lipinski definition) is 1. The zero-order valence-corrected chi connectivity index (χ0v) is 15.3. The normalized spacial score (nSPS) is 21.0. The van der Waals surface area contributed by atoms with Gasteiger partial charge in [0.25, 0.3) is 11.8 Å². The molecule has 0 radical (unpaired) electrons. The first-order valence-corrected chi connectivity index (χ1v) is 9.27. The molecule has 1 saturated carbocycles. The standard InChI is InChI=1S/C18H21ClN4O3/c1-2-23-8-5-12(21-23)17(25)22-9-6-18(7-10-22)11-14(18)20-16(24)13-3-4-15(19)26-13/h3-5,8,14H,2,6-7,9-11H2,1H3,(H,20,24). The predicted octanol–water partition coefficient (Wildman–Crippen LogP) is 2.57. The Morgan fingerprint density at radius 3 is 2.73 bits per heavy atom. The van der Waals surface area contributed by atoms with Gasteiger partial charge >= 0.3 is 0 Å². The summed E-state index contributed by atoms with van der Waals surface area (Å²) in [5.74, 6) is -0.0166. The molecule has 1 N–H and O–H groups in total. The number of carbonyl (C=O) groups excluding carboxylic acids is 2. The summed E-state index contributed by atoms with van der Waals surface area (Å²) >= 11 is 5.72. The summed E-state index contributed by atoms with van der Waals surface area (Å²) in [5.41, 5.74) is 0.601. The molecule has 2 amide bonds. The van der Waals surface area contributed by atoms with E-state index in [0.29, 0.717) is 18.8 Å². The number of piperidine rings is 1. The van der Waals surface area contributed by atoms with Crippen LogP contribution in [-0.2, 0) is 6.54 Å². The highest BCUT2D eigenvalue weighted by Gasteiger charge is 2.56. The minimum Gasteiger partial charge on any atom is -0.440 e. The third-order valence-corrected chi connectivity index (χ3v) is 5.73. The van der Waals surface area contributed by atoms with Crippen molar-refractivity contribution in [1.82, 2.24) is 20.0 Å². The molecule has 3 heterocycles. The summed E-state index contributed by atoms with van der Waals surface area (Å²) in [7, 11) is 0. The number of likely N-dealkylation sites (tertiary alicyclic amines) is 1. The van der Waals surface area contributed by atoms with Crippen LogP contribution in [0, 0.1) is 5.41 Å². The molecule has 2 aromatic heterocycles. The molecule has 1 atom stereocenters.